The second kappa shape index (κ2) is 16.9. The largest absolute Gasteiger partial charge is 0.463 e. The Morgan fingerprint density at radius 3 is 2.08 bits per heavy atom. The number of halogens is 1. The van der Waals surface area contributed by atoms with Crippen molar-refractivity contribution in [2.24, 2.45) is 17.8 Å². The summed E-state index contributed by atoms with van der Waals surface area (Å²) in [4.78, 5) is 10.9. The van der Waals surface area contributed by atoms with Gasteiger partial charge in [-0.05, 0) is 11.8 Å². The van der Waals surface area contributed by atoms with Crippen molar-refractivity contribution in [2.75, 3.05) is 44.6 Å². The summed E-state index contributed by atoms with van der Waals surface area (Å²) in [6.45, 7) is 8.15. The molecule has 2 fully saturated rings. The molecule has 11 atom stereocenters. The number of ether oxygens (including phenoxy) is 5. The van der Waals surface area contributed by atoms with Crippen molar-refractivity contribution in [3.63, 3.8) is 0 Å². The van der Waals surface area contributed by atoms with Gasteiger partial charge in [0.2, 0.25) is 0 Å². The van der Waals surface area contributed by atoms with Gasteiger partial charge in [-0.2, -0.15) is 0 Å². The van der Waals surface area contributed by atoms with Crippen molar-refractivity contribution in [3.8, 4) is 0 Å². The zero-order valence-electron chi connectivity index (χ0n) is 21.8. The summed E-state index contributed by atoms with van der Waals surface area (Å²) < 4.78 is 42.8. The summed E-state index contributed by atoms with van der Waals surface area (Å²) in [7, 11) is -1.66. The van der Waals surface area contributed by atoms with Gasteiger partial charge in [0.15, 0.2) is 12.6 Å². The molecule has 2 heterocycles. The molecular formula is C22H41BrO12S2. The fourth-order valence-electron chi connectivity index (χ4n) is 3.78. The molecule has 2 aliphatic rings. The minimum atomic E-state index is -2.87. The van der Waals surface area contributed by atoms with Gasteiger partial charge in [-0.1, -0.05) is 36.7 Å². The number of alkyl halides is 1. The average molecular weight is 642 g/mol. The Morgan fingerprint density at radius 2 is 1.54 bits per heavy atom. The molecule has 0 aromatic rings. The van der Waals surface area contributed by atoms with E-state index in [0.29, 0.717) is 31.0 Å². The topological polar surface area (TPSA) is 170 Å². The van der Waals surface area contributed by atoms with Crippen molar-refractivity contribution < 1.29 is 57.3 Å². The molecule has 0 saturated carbocycles. The molecule has 0 aliphatic carbocycles. The lowest BCUT2D eigenvalue weighted by atomic mass is 9.79. The summed E-state index contributed by atoms with van der Waals surface area (Å²) in [6, 6.07) is 0. The molecule has 4 N–H and O–H groups in total. The molecule has 2 aliphatic heterocycles. The van der Waals surface area contributed by atoms with Gasteiger partial charge in [0, 0.05) is 29.4 Å². The molecule has 15 heteroatoms. The minimum Gasteiger partial charge on any atom is -0.463 e. The van der Waals surface area contributed by atoms with Gasteiger partial charge < -0.3 is 44.1 Å². The Bertz CT molecular complexity index is 771. The molecule has 220 valence electrons. The number of aliphatic hydroxyl groups excluding tert-OH is 4. The third-order valence-electron chi connectivity index (χ3n) is 6.51. The van der Waals surface area contributed by atoms with Crippen LogP contribution in [0.4, 0.5) is 0 Å². The predicted octanol–water partition coefficient (Wildman–Crippen LogP) is -0.295. The number of esters is 1. The molecule has 5 unspecified atom stereocenters. The molecule has 0 aromatic heterocycles. The number of hydrogen-bond donors (Lipinski definition) is 4. The molecule has 0 spiro atoms. The summed E-state index contributed by atoms with van der Waals surface area (Å²) in [5.41, 5.74) is 0. The van der Waals surface area contributed by atoms with Crippen LogP contribution in [0.2, 0.25) is 0 Å². The SMILES string of the molecule is CC(=O)OCC1O[C@H](OCCBr)C(C)[C@@H](C)[C@@H]1C.COS(=O)(=S)CCO[C@H]1OC(CO)[C@@H](O)[C@H](O)C1O. The van der Waals surface area contributed by atoms with Crippen LogP contribution in [0.15, 0.2) is 0 Å². The molecule has 2 saturated heterocycles. The van der Waals surface area contributed by atoms with E-state index in [2.05, 4.69) is 52.1 Å². The number of hydrogen-bond acceptors (Lipinski definition) is 13. The summed E-state index contributed by atoms with van der Waals surface area (Å²) in [6.07, 6.45) is -7.03. The van der Waals surface area contributed by atoms with E-state index in [9.17, 15) is 24.3 Å². The number of rotatable bonds is 11. The minimum absolute atomic E-state index is 0.0829. The average Bonchev–Trinajstić information content (AvgIpc) is 2.86. The summed E-state index contributed by atoms with van der Waals surface area (Å²) in [5, 5.41) is 38.4. The molecule has 37 heavy (non-hydrogen) atoms. The van der Waals surface area contributed by atoms with E-state index in [4.69, 9.17) is 28.8 Å². The smallest absolute Gasteiger partial charge is 0.302 e. The van der Waals surface area contributed by atoms with E-state index < -0.39 is 46.1 Å². The summed E-state index contributed by atoms with van der Waals surface area (Å²) >= 11 is 7.96. The van der Waals surface area contributed by atoms with Gasteiger partial charge in [0.1, 0.15) is 39.8 Å². The Kier molecular flexibility index (Phi) is 16.0. The second-order valence-corrected chi connectivity index (χ2v) is 13.2. The van der Waals surface area contributed by atoms with Crippen molar-refractivity contribution in [1.29, 1.82) is 0 Å². The van der Waals surface area contributed by atoms with Crippen molar-refractivity contribution >= 4 is 41.9 Å². The Labute approximate surface area is 231 Å². The Balaban J connectivity index is 0.000000371. The fourth-order valence-corrected chi connectivity index (χ4v) is 4.64. The zero-order chi connectivity index (χ0) is 28.3. The number of carbonyl (C=O) groups is 1. The van der Waals surface area contributed by atoms with Gasteiger partial charge in [0.05, 0.1) is 38.8 Å². The third kappa shape index (κ3) is 11.2. The number of carbonyl (C=O) groups excluding carboxylic acids is 1. The molecular weight excluding hydrogens is 600 g/mol. The monoisotopic (exact) mass is 640 g/mol. The van der Waals surface area contributed by atoms with E-state index in [1.807, 2.05) is 0 Å². The maximum atomic E-state index is 11.4. The van der Waals surface area contributed by atoms with Crippen LogP contribution in [0.1, 0.15) is 27.7 Å². The van der Waals surface area contributed by atoms with Gasteiger partial charge in [-0.25, -0.2) is 4.21 Å². The van der Waals surface area contributed by atoms with Crippen LogP contribution >= 0.6 is 15.9 Å². The predicted molar refractivity (Wildman–Crippen MR) is 140 cm³/mol. The maximum Gasteiger partial charge on any atom is 0.302 e. The quantitative estimate of drug-likeness (QED) is 0.172. The van der Waals surface area contributed by atoms with Crippen molar-refractivity contribution in [1.82, 2.24) is 0 Å². The molecule has 0 bridgehead atoms. The zero-order valence-corrected chi connectivity index (χ0v) is 25.0. The summed E-state index contributed by atoms with van der Waals surface area (Å²) in [5.74, 6) is 0.804. The highest BCUT2D eigenvalue weighted by molar-refractivity contribution is 9.09. The lowest BCUT2D eigenvalue weighted by molar-refractivity contribution is -0.299. The Morgan fingerprint density at radius 1 is 0.946 bits per heavy atom. The van der Waals surface area contributed by atoms with E-state index in [1.165, 1.54) is 14.0 Å². The number of aliphatic hydroxyl groups is 4. The van der Waals surface area contributed by atoms with E-state index >= 15 is 0 Å². The lowest BCUT2D eigenvalue weighted by Gasteiger charge is -2.43. The first-order valence-electron chi connectivity index (χ1n) is 12.0. The van der Waals surface area contributed by atoms with Crippen LogP contribution in [0.5, 0.6) is 0 Å². The van der Waals surface area contributed by atoms with Crippen LogP contribution in [0.3, 0.4) is 0 Å². The first-order valence-corrected chi connectivity index (χ1v) is 15.7. The van der Waals surface area contributed by atoms with Crippen LogP contribution in [0.25, 0.3) is 0 Å². The van der Waals surface area contributed by atoms with Gasteiger partial charge in [-0.15, -0.1) is 0 Å². The van der Waals surface area contributed by atoms with E-state index in [1.54, 1.807) is 0 Å². The molecule has 12 nitrogen and oxygen atoms in total. The Hall–Kier alpha value is -0.0400. The highest BCUT2D eigenvalue weighted by Crippen LogP contribution is 2.35. The highest BCUT2D eigenvalue weighted by atomic mass is 79.9. The third-order valence-corrected chi connectivity index (χ3v) is 8.92. The van der Waals surface area contributed by atoms with E-state index in [-0.39, 0.29) is 30.7 Å². The van der Waals surface area contributed by atoms with Crippen molar-refractivity contribution in [3.05, 3.63) is 0 Å². The van der Waals surface area contributed by atoms with Gasteiger partial charge >= 0.3 is 5.97 Å². The van der Waals surface area contributed by atoms with Crippen LogP contribution < -0.4 is 0 Å². The fraction of sp³-hybridized carbons (Fsp3) is 0.955. The van der Waals surface area contributed by atoms with Gasteiger partial charge in [-0.3, -0.25) is 8.98 Å². The second-order valence-electron chi connectivity index (χ2n) is 8.98. The standard InChI is InChI=1S/C13H23BrO4.C9H18O8S2/c1-8-9(2)12(7-17-11(4)15)18-13(10(8)3)16-6-5-14;1-15-19(14,18)3-2-16-9-8(13)7(12)6(11)5(4-10)17-9/h8-10,12-13H,5-7H2,1-4H3;5-13H,2-4H2,1H3/t8-,9-,10?,12?,13-;5?,6-,7+,8?,9+,19?/m01/s1. The molecule has 0 radical (unpaired) electrons. The lowest BCUT2D eigenvalue weighted by Crippen LogP contribution is -2.59. The van der Waals surface area contributed by atoms with Gasteiger partial charge in [0.25, 0.3) is 0 Å². The maximum absolute atomic E-state index is 11.4. The first-order chi connectivity index (χ1) is 17.3. The first kappa shape index (κ1) is 35.0. The molecule has 0 amide bonds. The van der Waals surface area contributed by atoms with Crippen LogP contribution in [-0.2, 0) is 52.6 Å². The van der Waals surface area contributed by atoms with E-state index in [0.717, 1.165) is 5.33 Å². The van der Waals surface area contributed by atoms with Crippen LogP contribution in [-0.4, -0.2) is 118 Å². The normalized spacial score (nSPS) is 37.7. The molecule has 2 rings (SSSR count). The highest BCUT2D eigenvalue weighted by Gasteiger charge is 2.44. The molecule has 0 aromatic carbocycles. The van der Waals surface area contributed by atoms with Crippen molar-refractivity contribution in [2.45, 2.75) is 70.8 Å². The van der Waals surface area contributed by atoms with Crippen LogP contribution in [0, 0.1) is 17.8 Å².